The zero-order valence-corrected chi connectivity index (χ0v) is 10.0. The Kier molecular flexibility index (Phi) is 2.98. The van der Waals surface area contributed by atoms with Crippen LogP contribution in [0.15, 0.2) is 27.3 Å². The number of furan rings is 1. The first-order valence-corrected chi connectivity index (χ1v) is 5.50. The number of rotatable bonds is 3. The topological polar surface area (TPSA) is 48.4 Å². The van der Waals surface area contributed by atoms with Gasteiger partial charge in [-0.1, -0.05) is 0 Å². The van der Waals surface area contributed by atoms with E-state index in [9.17, 15) is 0 Å². The fourth-order valence-corrected chi connectivity index (χ4v) is 2.41. The molecule has 0 aliphatic carbocycles. The van der Waals surface area contributed by atoms with Crippen LogP contribution in [0.25, 0.3) is 11.0 Å². The molecule has 2 aromatic rings. The smallest absolute Gasteiger partial charge is 0.137 e. The van der Waals surface area contributed by atoms with Crippen molar-refractivity contribution in [3.63, 3.8) is 0 Å². The lowest BCUT2D eigenvalue weighted by atomic mass is 10.1. The minimum atomic E-state index is 0.592. The van der Waals surface area contributed by atoms with E-state index in [4.69, 9.17) is 14.9 Å². The maximum Gasteiger partial charge on any atom is 0.137 e. The van der Waals surface area contributed by atoms with Crippen molar-refractivity contribution in [3.05, 3.63) is 28.4 Å². The van der Waals surface area contributed by atoms with Crippen LogP contribution in [0.1, 0.15) is 5.56 Å². The molecule has 0 unspecified atom stereocenters. The van der Waals surface area contributed by atoms with Gasteiger partial charge in [-0.25, -0.2) is 0 Å². The largest absolute Gasteiger partial charge is 0.495 e. The summed E-state index contributed by atoms with van der Waals surface area (Å²) in [5, 5.41) is 1.02. The first-order chi connectivity index (χ1) is 7.27. The van der Waals surface area contributed by atoms with Crippen molar-refractivity contribution in [2.75, 3.05) is 13.7 Å². The van der Waals surface area contributed by atoms with Crippen molar-refractivity contribution in [3.8, 4) is 5.75 Å². The SMILES string of the molecule is COc1c(CCN)cc2occc2c1Br. The van der Waals surface area contributed by atoms with E-state index in [2.05, 4.69) is 15.9 Å². The third-order valence-electron chi connectivity index (χ3n) is 2.35. The van der Waals surface area contributed by atoms with Gasteiger partial charge in [0.1, 0.15) is 11.3 Å². The molecular weight excluding hydrogens is 258 g/mol. The molecule has 1 aromatic heterocycles. The quantitative estimate of drug-likeness (QED) is 0.932. The van der Waals surface area contributed by atoms with E-state index in [0.717, 1.165) is 33.2 Å². The van der Waals surface area contributed by atoms with Gasteiger partial charge in [0.25, 0.3) is 0 Å². The molecule has 0 radical (unpaired) electrons. The fraction of sp³-hybridized carbons (Fsp3) is 0.273. The number of hydrogen-bond acceptors (Lipinski definition) is 3. The summed E-state index contributed by atoms with van der Waals surface area (Å²) in [5.74, 6) is 0.842. The van der Waals surface area contributed by atoms with Gasteiger partial charge in [-0.15, -0.1) is 0 Å². The molecule has 0 fully saturated rings. The van der Waals surface area contributed by atoms with E-state index in [-0.39, 0.29) is 0 Å². The van der Waals surface area contributed by atoms with Gasteiger partial charge >= 0.3 is 0 Å². The molecule has 0 amide bonds. The molecule has 0 atom stereocenters. The standard InChI is InChI=1S/C11H12BrNO2/c1-14-11-7(2-4-13)6-9-8(10(11)12)3-5-15-9/h3,5-6H,2,4,13H2,1H3. The molecule has 0 saturated heterocycles. The van der Waals surface area contributed by atoms with Crippen molar-refractivity contribution in [1.82, 2.24) is 0 Å². The Bertz CT molecular complexity index is 479. The minimum Gasteiger partial charge on any atom is -0.495 e. The molecule has 2 N–H and O–H groups in total. The maximum absolute atomic E-state index is 5.55. The van der Waals surface area contributed by atoms with Crippen molar-refractivity contribution < 1.29 is 9.15 Å². The van der Waals surface area contributed by atoms with Gasteiger partial charge in [0.05, 0.1) is 17.8 Å². The highest BCUT2D eigenvalue weighted by molar-refractivity contribution is 9.10. The van der Waals surface area contributed by atoms with E-state index in [1.54, 1.807) is 13.4 Å². The molecule has 3 nitrogen and oxygen atoms in total. The average molecular weight is 270 g/mol. The molecule has 0 saturated carbocycles. The summed E-state index contributed by atoms with van der Waals surface area (Å²) in [6, 6.07) is 3.89. The summed E-state index contributed by atoms with van der Waals surface area (Å²) < 4.78 is 11.7. The Morgan fingerprint density at radius 2 is 2.33 bits per heavy atom. The predicted molar refractivity (Wildman–Crippen MR) is 63.2 cm³/mol. The lowest BCUT2D eigenvalue weighted by molar-refractivity contribution is 0.407. The number of hydrogen-bond donors (Lipinski definition) is 1. The van der Waals surface area contributed by atoms with Gasteiger partial charge in [0.15, 0.2) is 0 Å². The molecule has 1 heterocycles. The zero-order valence-electron chi connectivity index (χ0n) is 8.42. The molecule has 15 heavy (non-hydrogen) atoms. The Morgan fingerprint density at radius 1 is 1.53 bits per heavy atom. The second-order valence-corrected chi connectivity index (χ2v) is 4.05. The normalized spacial score (nSPS) is 10.9. The lowest BCUT2D eigenvalue weighted by Crippen LogP contribution is -2.04. The van der Waals surface area contributed by atoms with Crippen LogP contribution in [-0.4, -0.2) is 13.7 Å². The highest BCUT2D eigenvalue weighted by atomic mass is 79.9. The minimum absolute atomic E-state index is 0.592. The first kappa shape index (κ1) is 10.5. The van der Waals surface area contributed by atoms with Gasteiger partial charge in [-0.2, -0.15) is 0 Å². The number of fused-ring (bicyclic) bond motifs is 1. The molecule has 0 aliphatic heterocycles. The number of benzene rings is 1. The Labute approximate surface area is 96.3 Å². The molecule has 0 aliphatic rings. The second-order valence-electron chi connectivity index (χ2n) is 3.25. The van der Waals surface area contributed by atoms with Crippen LogP contribution in [0.5, 0.6) is 5.75 Å². The van der Waals surface area contributed by atoms with Crippen LogP contribution in [-0.2, 0) is 6.42 Å². The Hall–Kier alpha value is -1.000. The molecular formula is C11H12BrNO2. The van der Waals surface area contributed by atoms with E-state index in [0.29, 0.717) is 6.54 Å². The number of halogens is 1. The van der Waals surface area contributed by atoms with E-state index in [1.165, 1.54) is 0 Å². The molecule has 4 heteroatoms. The molecule has 0 bridgehead atoms. The van der Waals surface area contributed by atoms with Crippen LogP contribution in [0, 0.1) is 0 Å². The summed E-state index contributed by atoms with van der Waals surface area (Å²) in [7, 11) is 1.66. The summed E-state index contributed by atoms with van der Waals surface area (Å²) in [6.07, 6.45) is 2.44. The highest BCUT2D eigenvalue weighted by Crippen LogP contribution is 2.37. The number of ether oxygens (including phenoxy) is 1. The first-order valence-electron chi connectivity index (χ1n) is 4.70. The third kappa shape index (κ3) is 1.75. The van der Waals surface area contributed by atoms with Crippen LogP contribution in [0.4, 0.5) is 0 Å². The second kappa shape index (κ2) is 4.24. The summed E-state index contributed by atoms with van der Waals surface area (Å²) in [6.45, 7) is 0.592. The van der Waals surface area contributed by atoms with Gasteiger partial charge in [-0.05, 0) is 41.0 Å². The third-order valence-corrected chi connectivity index (χ3v) is 3.13. The molecule has 80 valence electrons. The molecule has 2 rings (SSSR count). The highest BCUT2D eigenvalue weighted by Gasteiger charge is 2.13. The van der Waals surface area contributed by atoms with Crippen molar-refractivity contribution in [2.24, 2.45) is 5.73 Å². The van der Waals surface area contributed by atoms with Gasteiger partial charge in [0.2, 0.25) is 0 Å². The van der Waals surface area contributed by atoms with Crippen molar-refractivity contribution in [2.45, 2.75) is 6.42 Å². The molecule has 1 aromatic carbocycles. The number of nitrogens with two attached hydrogens (primary N) is 1. The van der Waals surface area contributed by atoms with Crippen LogP contribution >= 0.6 is 15.9 Å². The van der Waals surface area contributed by atoms with E-state index in [1.807, 2.05) is 12.1 Å². The monoisotopic (exact) mass is 269 g/mol. The van der Waals surface area contributed by atoms with Crippen LogP contribution in [0.2, 0.25) is 0 Å². The van der Waals surface area contributed by atoms with Crippen molar-refractivity contribution >= 4 is 26.9 Å². The van der Waals surface area contributed by atoms with E-state index >= 15 is 0 Å². The predicted octanol–water partition coefficient (Wildman–Crippen LogP) is 2.71. The summed E-state index contributed by atoms with van der Waals surface area (Å²) >= 11 is 3.52. The van der Waals surface area contributed by atoms with Crippen molar-refractivity contribution in [1.29, 1.82) is 0 Å². The molecule has 0 spiro atoms. The number of methoxy groups -OCH3 is 1. The van der Waals surface area contributed by atoms with Crippen LogP contribution in [0.3, 0.4) is 0 Å². The van der Waals surface area contributed by atoms with Crippen LogP contribution < -0.4 is 10.5 Å². The summed E-state index contributed by atoms with van der Waals surface area (Å²) in [5.41, 5.74) is 7.47. The summed E-state index contributed by atoms with van der Waals surface area (Å²) in [4.78, 5) is 0. The average Bonchev–Trinajstić information content (AvgIpc) is 2.67. The zero-order chi connectivity index (χ0) is 10.8. The maximum atomic E-state index is 5.55. The van der Waals surface area contributed by atoms with Gasteiger partial charge in [-0.3, -0.25) is 0 Å². The Balaban J connectivity index is 2.67. The van der Waals surface area contributed by atoms with Gasteiger partial charge < -0.3 is 14.9 Å². The lowest BCUT2D eigenvalue weighted by Gasteiger charge is -2.10. The fourth-order valence-electron chi connectivity index (χ4n) is 1.66. The Morgan fingerprint density at radius 3 is 3.00 bits per heavy atom. The van der Waals surface area contributed by atoms with E-state index < -0.39 is 0 Å². The van der Waals surface area contributed by atoms with Gasteiger partial charge in [0, 0.05) is 10.9 Å².